The summed E-state index contributed by atoms with van der Waals surface area (Å²) in [6.07, 6.45) is 0.0351. The van der Waals surface area contributed by atoms with Crippen LogP contribution in [0.25, 0.3) is 0 Å². The Hall–Kier alpha value is -0.860. The van der Waals surface area contributed by atoms with Gasteiger partial charge in [-0.05, 0) is 17.9 Å². The van der Waals surface area contributed by atoms with Crippen LogP contribution in [0.4, 0.5) is 0 Å². The van der Waals surface area contributed by atoms with Crippen molar-refractivity contribution < 1.29 is 10.2 Å². The molecule has 0 heterocycles. The van der Waals surface area contributed by atoms with E-state index >= 15 is 0 Å². The zero-order valence-electron chi connectivity index (χ0n) is 7.64. The molecule has 0 saturated heterocycles. The van der Waals surface area contributed by atoms with Crippen molar-refractivity contribution in [3.8, 4) is 0 Å². The number of rotatable bonds is 1. The fourth-order valence-corrected chi connectivity index (χ4v) is 2.05. The van der Waals surface area contributed by atoms with Crippen LogP contribution in [-0.4, -0.2) is 16.3 Å². The van der Waals surface area contributed by atoms with Crippen molar-refractivity contribution in [2.45, 2.75) is 25.0 Å². The molecule has 1 saturated carbocycles. The number of hydrogen-bond acceptors (Lipinski definition) is 2. The molecule has 2 nitrogen and oxygen atoms in total. The Morgan fingerprint density at radius 3 is 2.38 bits per heavy atom. The molecule has 2 N–H and O–H groups in total. The Morgan fingerprint density at radius 1 is 1.31 bits per heavy atom. The molecule has 0 aliphatic heterocycles. The first-order valence-corrected chi connectivity index (χ1v) is 4.60. The zero-order chi connectivity index (χ0) is 9.47. The van der Waals surface area contributed by atoms with Crippen LogP contribution in [0.3, 0.4) is 0 Å². The van der Waals surface area contributed by atoms with E-state index in [1.807, 2.05) is 37.3 Å². The van der Waals surface area contributed by atoms with Crippen LogP contribution in [0, 0.1) is 5.92 Å². The molecule has 1 fully saturated rings. The third-order valence-electron chi connectivity index (χ3n) is 2.94. The van der Waals surface area contributed by atoms with Gasteiger partial charge < -0.3 is 10.2 Å². The maximum atomic E-state index is 10.1. The summed E-state index contributed by atoms with van der Waals surface area (Å²) in [5.74, 6) is 0.199. The lowest BCUT2D eigenvalue weighted by Gasteiger charge is -2.47. The lowest BCUT2D eigenvalue weighted by molar-refractivity contribution is -0.187. The SMILES string of the molecule is C[C@@H]1C[C@](O)(c2ccccc2)[C@H]1O. The number of aliphatic hydroxyl groups excluding tert-OH is 1. The Kier molecular flexibility index (Phi) is 1.90. The van der Waals surface area contributed by atoms with Crippen LogP contribution in [-0.2, 0) is 5.60 Å². The third kappa shape index (κ3) is 1.18. The third-order valence-corrected chi connectivity index (χ3v) is 2.94. The van der Waals surface area contributed by atoms with E-state index in [9.17, 15) is 10.2 Å². The molecule has 0 unspecified atom stereocenters. The van der Waals surface area contributed by atoms with Crippen molar-refractivity contribution in [2.75, 3.05) is 0 Å². The second-order valence-electron chi connectivity index (χ2n) is 3.92. The van der Waals surface area contributed by atoms with Crippen LogP contribution in [0.1, 0.15) is 18.9 Å². The van der Waals surface area contributed by atoms with Crippen molar-refractivity contribution in [1.29, 1.82) is 0 Å². The van der Waals surface area contributed by atoms with Gasteiger partial charge in [0.2, 0.25) is 0 Å². The minimum atomic E-state index is -0.999. The molecule has 0 aromatic heterocycles. The summed E-state index contributed by atoms with van der Waals surface area (Å²) in [4.78, 5) is 0. The van der Waals surface area contributed by atoms with E-state index in [1.165, 1.54) is 0 Å². The average Bonchev–Trinajstić information content (AvgIpc) is 2.19. The van der Waals surface area contributed by atoms with E-state index in [4.69, 9.17) is 0 Å². The van der Waals surface area contributed by atoms with Gasteiger partial charge in [0, 0.05) is 0 Å². The van der Waals surface area contributed by atoms with E-state index in [0.717, 1.165) is 5.56 Å². The van der Waals surface area contributed by atoms with Crippen molar-refractivity contribution >= 4 is 0 Å². The van der Waals surface area contributed by atoms with Gasteiger partial charge in [0.1, 0.15) is 5.60 Å². The highest BCUT2D eigenvalue weighted by molar-refractivity contribution is 5.27. The highest BCUT2D eigenvalue weighted by atomic mass is 16.3. The molecule has 3 atom stereocenters. The first-order chi connectivity index (χ1) is 6.14. The molecule has 0 radical (unpaired) electrons. The van der Waals surface area contributed by atoms with Gasteiger partial charge in [-0.25, -0.2) is 0 Å². The van der Waals surface area contributed by atoms with E-state index in [1.54, 1.807) is 0 Å². The fraction of sp³-hybridized carbons (Fsp3) is 0.455. The summed E-state index contributed by atoms with van der Waals surface area (Å²) in [5, 5.41) is 19.7. The Bertz CT molecular complexity index is 296. The van der Waals surface area contributed by atoms with Gasteiger partial charge in [-0.3, -0.25) is 0 Å². The standard InChI is InChI=1S/C11H14O2/c1-8-7-11(13,10(8)12)9-5-3-2-4-6-9/h2-6,8,10,12-13H,7H2,1H3/t8-,10+,11+/m1/s1. The van der Waals surface area contributed by atoms with Gasteiger partial charge in [0.05, 0.1) is 6.10 Å². The first-order valence-electron chi connectivity index (χ1n) is 4.60. The van der Waals surface area contributed by atoms with E-state index in [-0.39, 0.29) is 5.92 Å². The molecule has 70 valence electrons. The zero-order valence-corrected chi connectivity index (χ0v) is 7.64. The highest BCUT2D eigenvalue weighted by Gasteiger charge is 2.50. The molecule has 1 aromatic carbocycles. The molecule has 1 aromatic rings. The van der Waals surface area contributed by atoms with Crippen LogP contribution in [0.15, 0.2) is 30.3 Å². The van der Waals surface area contributed by atoms with Crippen molar-refractivity contribution in [3.63, 3.8) is 0 Å². The second kappa shape index (κ2) is 2.82. The molecule has 0 bridgehead atoms. The molecule has 2 heteroatoms. The summed E-state index contributed by atoms with van der Waals surface area (Å²) in [6.45, 7) is 1.95. The Morgan fingerprint density at radius 2 is 1.92 bits per heavy atom. The molecule has 0 spiro atoms. The Balaban J connectivity index is 2.28. The summed E-state index contributed by atoms with van der Waals surface area (Å²) < 4.78 is 0. The minimum absolute atomic E-state index is 0.199. The lowest BCUT2D eigenvalue weighted by atomic mass is 9.65. The number of aliphatic hydroxyl groups is 2. The van der Waals surface area contributed by atoms with Gasteiger partial charge >= 0.3 is 0 Å². The first kappa shape index (κ1) is 8.73. The molecule has 1 aliphatic rings. The van der Waals surface area contributed by atoms with Gasteiger partial charge in [-0.2, -0.15) is 0 Å². The van der Waals surface area contributed by atoms with Gasteiger partial charge in [0.15, 0.2) is 0 Å². The molecule has 13 heavy (non-hydrogen) atoms. The smallest absolute Gasteiger partial charge is 0.116 e. The maximum absolute atomic E-state index is 10.1. The molecular formula is C11H14O2. The van der Waals surface area contributed by atoms with Crippen LogP contribution < -0.4 is 0 Å². The maximum Gasteiger partial charge on any atom is 0.116 e. The normalized spacial score (nSPS) is 38.4. The van der Waals surface area contributed by atoms with Crippen LogP contribution in [0.5, 0.6) is 0 Å². The second-order valence-corrected chi connectivity index (χ2v) is 3.92. The number of benzene rings is 1. The van der Waals surface area contributed by atoms with Gasteiger partial charge in [0.25, 0.3) is 0 Å². The van der Waals surface area contributed by atoms with Gasteiger partial charge in [-0.15, -0.1) is 0 Å². The fourth-order valence-electron chi connectivity index (χ4n) is 2.05. The summed E-state index contributed by atoms with van der Waals surface area (Å²) in [7, 11) is 0. The molecule has 1 aliphatic carbocycles. The molecular weight excluding hydrogens is 164 g/mol. The van der Waals surface area contributed by atoms with Crippen LogP contribution >= 0.6 is 0 Å². The molecule has 2 rings (SSSR count). The predicted molar refractivity (Wildman–Crippen MR) is 50.1 cm³/mol. The highest BCUT2D eigenvalue weighted by Crippen LogP contribution is 2.45. The quantitative estimate of drug-likeness (QED) is 0.680. The Labute approximate surface area is 77.8 Å². The predicted octanol–water partition coefficient (Wildman–Crippen LogP) is 1.27. The monoisotopic (exact) mass is 178 g/mol. The largest absolute Gasteiger partial charge is 0.389 e. The summed E-state index contributed by atoms with van der Waals surface area (Å²) in [5.41, 5.74) is -0.179. The van der Waals surface area contributed by atoms with Crippen molar-refractivity contribution in [2.24, 2.45) is 5.92 Å². The lowest BCUT2D eigenvalue weighted by Crippen LogP contribution is -2.54. The number of hydrogen-bond donors (Lipinski definition) is 2. The van der Waals surface area contributed by atoms with Gasteiger partial charge in [-0.1, -0.05) is 37.3 Å². The average molecular weight is 178 g/mol. The van der Waals surface area contributed by atoms with E-state index in [2.05, 4.69) is 0 Å². The van der Waals surface area contributed by atoms with Crippen molar-refractivity contribution in [1.82, 2.24) is 0 Å². The topological polar surface area (TPSA) is 40.5 Å². The summed E-state index contributed by atoms with van der Waals surface area (Å²) >= 11 is 0. The van der Waals surface area contributed by atoms with E-state index in [0.29, 0.717) is 6.42 Å². The van der Waals surface area contributed by atoms with Crippen molar-refractivity contribution in [3.05, 3.63) is 35.9 Å². The minimum Gasteiger partial charge on any atom is -0.389 e. The summed E-state index contributed by atoms with van der Waals surface area (Å²) in [6, 6.07) is 9.37. The van der Waals surface area contributed by atoms with Crippen LogP contribution in [0.2, 0.25) is 0 Å². The van der Waals surface area contributed by atoms with E-state index < -0.39 is 11.7 Å². The molecule has 0 amide bonds.